The van der Waals surface area contributed by atoms with E-state index in [9.17, 15) is 4.79 Å². The molecule has 1 fully saturated rings. The first-order chi connectivity index (χ1) is 6.59. The molecule has 3 nitrogen and oxygen atoms in total. The van der Waals surface area contributed by atoms with Gasteiger partial charge in [0.1, 0.15) is 6.10 Å². The highest BCUT2D eigenvalue weighted by Crippen LogP contribution is 2.09. The minimum absolute atomic E-state index is 0.208. The Hall–Kier alpha value is -0.670. The molecule has 0 radical (unpaired) electrons. The fourth-order valence-electron chi connectivity index (χ4n) is 1.47. The number of allylic oxidation sites excluding steroid dienone is 1. The molecular formula is C11H19NO2. The van der Waals surface area contributed by atoms with Crippen molar-refractivity contribution in [1.29, 1.82) is 0 Å². The summed E-state index contributed by atoms with van der Waals surface area (Å²) < 4.78 is 5.42. The van der Waals surface area contributed by atoms with Gasteiger partial charge in [-0.05, 0) is 20.4 Å². The summed E-state index contributed by atoms with van der Waals surface area (Å²) in [4.78, 5) is 13.8. The van der Waals surface area contributed by atoms with Crippen LogP contribution in [0.5, 0.6) is 0 Å². The fraction of sp³-hybridized carbons (Fsp3) is 0.727. The molecule has 1 rings (SSSR count). The van der Waals surface area contributed by atoms with Gasteiger partial charge in [0.05, 0.1) is 6.61 Å². The Balaban J connectivity index is 2.32. The van der Waals surface area contributed by atoms with Crippen molar-refractivity contribution in [1.82, 2.24) is 4.90 Å². The maximum atomic E-state index is 11.7. The molecule has 1 heterocycles. The van der Waals surface area contributed by atoms with Gasteiger partial charge in [0, 0.05) is 19.5 Å². The second kappa shape index (κ2) is 5.27. The summed E-state index contributed by atoms with van der Waals surface area (Å²) in [5.74, 6) is 0.208. The number of Topliss-reactive ketones (excluding diaryl/α,β-unsaturated/α-hetero) is 1. The minimum Gasteiger partial charge on any atom is -0.368 e. The summed E-state index contributed by atoms with van der Waals surface area (Å²) in [6.07, 6.45) is 1.13. The van der Waals surface area contributed by atoms with Crippen molar-refractivity contribution in [2.24, 2.45) is 0 Å². The zero-order valence-electron chi connectivity index (χ0n) is 9.08. The Morgan fingerprint density at radius 3 is 2.86 bits per heavy atom. The summed E-state index contributed by atoms with van der Waals surface area (Å²) in [5.41, 5.74) is 1.06. The van der Waals surface area contributed by atoms with E-state index in [1.807, 2.05) is 14.0 Å². The van der Waals surface area contributed by atoms with Gasteiger partial charge in [-0.2, -0.15) is 0 Å². The van der Waals surface area contributed by atoms with Crippen LogP contribution in [0.1, 0.15) is 19.8 Å². The first kappa shape index (κ1) is 11.4. The lowest BCUT2D eigenvalue weighted by Crippen LogP contribution is -2.44. The standard InChI is InChI=1S/C11H19NO2/c1-9(2)4-5-10(13)11-8-12(3)6-7-14-11/h11H,1,4-8H2,2-3H3. The summed E-state index contributed by atoms with van der Waals surface area (Å²) in [6, 6.07) is 0. The van der Waals surface area contributed by atoms with Gasteiger partial charge in [0.15, 0.2) is 5.78 Å². The summed E-state index contributed by atoms with van der Waals surface area (Å²) in [6.45, 7) is 8.05. The highest BCUT2D eigenvalue weighted by atomic mass is 16.5. The Bertz CT molecular complexity index is 225. The van der Waals surface area contributed by atoms with Crippen molar-refractivity contribution >= 4 is 5.78 Å². The Labute approximate surface area is 85.7 Å². The lowest BCUT2D eigenvalue weighted by Gasteiger charge is -2.29. The van der Waals surface area contributed by atoms with Crippen LogP contribution in [0, 0.1) is 0 Å². The highest BCUT2D eigenvalue weighted by molar-refractivity contribution is 5.83. The third-order valence-electron chi connectivity index (χ3n) is 2.43. The van der Waals surface area contributed by atoms with Gasteiger partial charge in [-0.3, -0.25) is 4.79 Å². The second-order valence-corrected chi connectivity index (χ2v) is 4.05. The fourth-order valence-corrected chi connectivity index (χ4v) is 1.47. The van der Waals surface area contributed by atoms with Crippen LogP contribution in [0.25, 0.3) is 0 Å². The van der Waals surface area contributed by atoms with Crippen LogP contribution in [-0.4, -0.2) is 43.5 Å². The third-order valence-corrected chi connectivity index (χ3v) is 2.43. The number of nitrogens with zero attached hydrogens (tertiary/aromatic N) is 1. The average Bonchev–Trinajstić information content (AvgIpc) is 2.14. The van der Waals surface area contributed by atoms with E-state index in [4.69, 9.17) is 4.74 Å². The van der Waals surface area contributed by atoms with Gasteiger partial charge >= 0.3 is 0 Å². The minimum atomic E-state index is -0.215. The number of morpholine rings is 1. The lowest BCUT2D eigenvalue weighted by atomic mass is 10.1. The van der Waals surface area contributed by atoms with Crippen LogP contribution in [-0.2, 0) is 9.53 Å². The number of likely N-dealkylation sites (N-methyl/N-ethyl adjacent to an activating group) is 1. The molecule has 1 saturated heterocycles. The number of rotatable bonds is 4. The SMILES string of the molecule is C=C(C)CCC(=O)C1CN(C)CCO1. The van der Waals surface area contributed by atoms with Gasteiger partial charge in [0.2, 0.25) is 0 Å². The largest absolute Gasteiger partial charge is 0.368 e. The van der Waals surface area contributed by atoms with Crippen LogP contribution < -0.4 is 0 Å². The normalized spacial score (nSPS) is 23.4. The van der Waals surface area contributed by atoms with Gasteiger partial charge in [-0.25, -0.2) is 0 Å². The zero-order chi connectivity index (χ0) is 10.6. The van der Waals surface area contributed by atoms with E-state index in [1.165, 1.54) is 0 Å². The molecule has 80 valence electrons. The molecule has 0 amide bonds. The zero-order valence-corrected chi connectivity index (χ0v) is 9.08. The van der Waals surface area contributed by atoms with Crippen molar-refractivity contribution in [3.8, 4) is 0 Å². The molecule has 0 aliphatic carbocycles. The summed E-state index contributed by atoms with van der Waals surface area (Å²) >= 11 is 0. The third kappa shape index (κ3) is 3.60. The van der Waals surface area contributed by atoms with Gasteiger partial charge in [-0.15, -0.1) is 6.58 Å². The first-order valence-corrected chi connectivity index (χ1v) is 5.07. The van der Waals surface area contributed by atoms with Crippen LogP contribution in [0.3, 0.4) is 0 Å². The smallest absolute Gasteiger partial charge is 0.163 e. The molecule has 0 bridgehead atoms. The monoisotopic (exact) mass is 197 g/mol. The topological polar surface area (TPSA) is 29.5 Å². The number of hydrogen-bond acceptors (Lipinski definition) is 3. The van der Waals surface area contributed by atoms with Crippen molar-refractivity contribution in [2.45, 2.75) is 25.9 Å². The Morgan fingerprint density at radius 2 is 2.29 bits per heavy atom. The molecule has 14 heavy (non-hydrogen) atoms. The molecule has 0 saturated carbocycles. The van der Waals surface area contributed by atoms with Crippen molar-refractivity contribution in [3.05, 3.63) is 12.2 Å². The maximum absolute atomic E-state index is 11.7. The Kier molecular flexibility index (Phi) is 4.29. The molecule has 0 spiro atoms. The molecule has 0 aromatic heterocycles. The maximum Gasteiger partial charge on any atom is 0.163 e. The number of ether oxygens (including phenoxy) is 1. The highest BCUT2D eigenvalue weighted by Gasteiger charge is 2.23. The van der Waals surface area contributed by atoms with Crippen LogP contribution in [0.15, 0.2) is 12.2 Å². The first-order valence-electron chi connectivity index (χ1n) is 5.07. The predicted octanol–water partition coefficient (Wildman–Crippen LogP) is 1.24. The van der Waals surface area contributed by atoms with Crippen molar-refractivity contribution in [3.63, 3.8) is 0 Å². The van der Waals surface area contributed by atoms with Gasteiger partial charge in [-0.1, -0.05) is 5.57 Å². The van der Waals surface area contributed by atoms with E-state index in [-0.39, 0.29) is 11.9 Å². The Morgan fingerprint density at radius 1 is 1.57 bits per heavy atom. The van der Waals surface area contributed by atoms with E-state index in [0.29, 0.717) is 13.0 Å². The van der Waals surface area contributed by atoms with E-state index >= 15 is 0 Å². The van der Waals surface area contributed by atoms with E-state index in [0.717, 1.165) is 25.1 Å². The summed E-state index contributed by atoms with van der Waals surface area (Å²) in [5, 5.41) is 0. The molecule has 0 aromatic rings. The van der Waals surface area contributed by atoms with Gasteiger partial charge < -0.3 is 9.64 Å². The molecule has 0 N–H and O–H groups in total. The van der Waals surface area contributed by atoms with Crippen molar-refractivity contribution < 1.29 is 9.53 Å². The number of carbonyl (C=O) groups is 1. The number of carbonyl (C=O) groups excluding carboxylic acids is 1. The molecule has 1 aliphatic rings. The summed E-state index contributed by atoms with van der Waals surface area (Å²) in [7, 11) is 2.02. The van der Waals surface area contributed by atoms with E-state index in [1.54, 1.807) is 0 Å². The van der Waals surface area contributed by atoms with E-state index in [2.05, 4.69) is 11.5 Å². The van der Waals surface area contributed by atoms with Crippen LogP contribution in [0.4, 0.5) is 0 Å². The predicted molar refractivity (Wildman–Crippen MR) is 56.3 cm³/mol. The second-order valence-electron chi connectivity index (χ2n) is 4.05. The van der Waals surface area contributed by atoms with Gasteiger partial charge in [0.25, 0.3) is 0 Å². The average molecular weight is 197 g/mol. The molecule has 3 heteroatoms. The molecule has 1 aliphatic heterocycles. The quantitative estimate of drug-likeness (QED) is 0.635. The molecule has 1 atom stereocenters. The van der Waals surface area contributed by atoms with Crippen molar-refractivity contribution in [2.75, 3.05) is 26.7 Å². The lowest BCUT2D eigenvalue weighted by molar-refractivity contribution is -0.135. The molecule has 0 aromatic carbocycles. The molecule has 1 unspecified atom stereocenters. The number of ketones is 1. The van der Waals surface area contributed by atoms with Crippen LogP contribution in [0.2, 0.25) is 0 Å². The molecular weight excluding hydrogens is 178 g/mol. The van der Waals surface area contributed by atoms with Crippen LogP contribution >= 0.6 is 0 Å². The van der Waals surface area contributed by atoms with E-state index < -0.39 is 0 Å². The number of hydrogen-bond donors (Lipinski definition) is 0.